The molecule has 0 bridgehead atoms. The first-order chi connectivity index (χ1) is 12.9. The molecule has 0 aromatic carbocycles. The van der Waals surface area contributed by atoms with Crippen LogP contribution in [-0.4, -0.2) is 50.6 Å². The Balaban J connectivity index is 0.00000180. The van der Waals surface area contributed by atoms with Crippen LogP contribution in [0, 0.1) is 0 Å². The first-order valence-corrected chi connectivity index (χ1v) is 9.73. The summed E-state index contributed by atoms with van der Waals surface area (Å²) in [6, 6.07) is 2.54. The third-order valence-electron chi connectivity index (χ3n) is 5.61. The molecule has 0 spiro atoms. The minimum atomic E-state index is 0. The van der Waals surface area contributed by atoms with Crippen molar-refractivity contribution in [2.45, 2.75) is 38.1 Å². The van der Waals surface area contributed by atoms with E-state index in [2.05, 4.69) is 37.4 Å². The van der Waals surface area contributed by atoms with Gasteiger partial charge in [0.1, 0.15) is 5.52 Å². The molecule has 27 heavy (non-hydrogen) atoms. The molecular formula is C19H26ClN7. The lowest BCUT2D eigenvalue weighted by Gasteiger charge is -2.28. The number of anilines is 1. The fourth-order valence-electron chi connectivity index (χ4n) is 4.13. The van der Waals surface area contributed by atoms with Crippen LogP contribution in [0.15, 0.2) is 30.9 Å². The zero-order valence-electron chi connectivity index (χ0n) is 15.4. The largest absolute Gasteiger partial charge is 0.355 e. The molecule has 1 N–H and O–H groups in total. The minimum Gasteiger partial charge on any atom is -0.355 e. The molecule has 144 valence electrons. The predicted molar refractivity (Wildman–Crippen MR) is 109 cm³/mol. The van der Waals surface area contributed by atoms with E-state index >= 15 is 0 Å². The Morgan fingerprint density at radius 2 is 1.81 bits per heavy atom. The van der Waals surface area contributed by atoms with Crippen LogP contribution in [0.4, 0.5) is 5.82 Å². The van der Waals surface area contributed by atoms with Crippen molar-refractivity contribution in [1.29, 1.82) is 0 Å². The van der Waals surface area contributed by atoms with E-state index in [0.717, 1.165) is 61.6 Å². The Labute approximate surface area is 165 Å². The molecule has 2 aliphatic heterocycles. The van der Waals surface area contributed by atoms with Crippen molar-refractivity contribution in [3.8, 4) is 11.3 Å². The Morgan fingerprint density at radius 3 is 2.63 bits per heavy atom. The highest BCUT2D eigenvalue weighted by molar-refractivity contribution is 5.85. The Kier molecular flexibility index (Phi) is 5.31. The van der Waals surface area contributed by atoms with Gasteiger partial charge in [-0.15, -0.1) is 12.4 Å². The number of nitrogens with zero attached hydrogens (tertiary/aromatic N) is 6. The lowest BCUT2D eigenvalue weighted by atomic mass is 10.1. The van der Waals surface area contributed by atoms with Gasteiger partial charge < -0.3 is 10.2 Å². The van der Waals surface area contributed by atoms with E-state index in [1.165, 1.54) is 19.3 Å². The molecule has 8 heteroatoms. The van der Waals surface area contributed by atoms with Crippen LogP contribution in [0.1, 0.15) is 38.1 Å². The van der Waals surface area contributed by atoms with Crippen LogP contribution in [0.3, 0.4) is 0 Å². The topological polar surface area (TPSA) is 63.3 Å². The monoisotopic (exact) mass is 387 g/mol. The summed E-state index contributed by atoms with van der Waals surface area (Å²) in [4.78, 5) is 7.43. The third kappa shape index (κ3) is 3.53. The van der Waals surface area contributed by atoms with E-state index in [9.17, 15) is 0 Å². The maximum atomic E-state index is 5.02. The summed E-state index contributed by atoms with van der Waals surface area (Å²) < 4.78 is 4.07. The van der Waals surface area contributed by atoms with Gasteiger partial charge in [-0.25, -0.2) is 9.50 Å². The first-order valence-electron chi connectivity index (χ1n) is 9.73. The molecule has 3 aromatic heterocycles. The summed E-state index contributed by atoms with van der Waals surface area (Å²) in [5.41, 5.74) is 3.10. The number of fused-ring (bicyclic) bond motifs is 1. The molecule has 0 atom stereocenters. The quantitative estimate of drug-likeness (QED) is 0.748. The summed E-state index contributed by atoms with van der Waals surface area (Å²) in [5.74, 6) is 1.05. The molecular weight excluding hydrogens is 362 g/mol. The van der Waals surface area contributed by atoms with Gasteiger partial charge in [-0.3, -0.25) is 4.68 Å². The fourth-order valence-corrected chi connectivity index (χ4v) is 4.13. The highest BCUT2D eigenvalue weighted by atomic mass is 35.5. The van der Waals surface area contributed by atoms with E-state index in [1.54, 1.807) is 0 Å². The number of hydrogen-bond donors (Lipinski definition) is 1. The van der Waals surface area contributed by atoms with Gasteiger partial charge in [-0.1, -0.05) is 0 Å². The summed E-state index contributed by atoms with van der Waals surface area (Å²) in [7, 11) is 0. The van der Waals surface area contributed by atoms with Crippen molar-refractivity contribution in [2.24, 2.45) is 0 Å². The maximum Gasteiger partial charge on any atom is 0.155 e. The predicted octanol–water partition coefficient (Wildman–Crippen LogP) is 2.93. The highest BCUT2D eigenvalue weighted by Gasteiger charge is 2.19. The molecule has 5 rings (SSSR count). The number of nitrogens with one attached hydrogen (secondary N) is 1. The summed E-state index contributed by atoms with van der Waals surface area (Å²) in [6.07, 6.45) is 14.0. The van der Waals surface area contributed by atoms with Crippen molar-refractivity contribution in [2.75, 3.05) is 31.1 Å². The lowest BCUT2D eigenvalue weighted by Crippen LogP contribution is -2.30. The van der Waals surface area contributed by atoms with Crippen LogP contribution in [-0.2, 0) is 0 Å². The van der Waals surface area contributed by atoms with E-state index in [0.29, 0.717) is 6.04 Å². The minimum absolute atomic E-state index is 0. The van der Waals surface area contributed by atoms with Gasteiger partial charge in [0.2, 0.25) is 0 Å². The van der Waals surface area contributed by atoms with Crippen molar-refractivity contribution in [1.82, 2.24) is 29.7 Å². The third-order valence-corrected chi connectivity index (χ3v) is 5.61. The highest BCUT2D eigenvalue weighted by Crippen LogP contribution is 2.28. The second kappa shape index (κ2) is 7.86. The van der Waals surface area contributed by atoms with Crippen molar-refractivity contribution < 1.29 is 0 Å². The average molecular weight is 388 g/mol. The second-order valence-corrected chi connectivity index (χ2v) is 7.35. The molecule has 0 unspecified atom stereocenters. The SMILES string of the molecule is Cl.c1cc2c(N3CCCCC3)nc(-c3cnn(C4CCNCC4)c3)cn2n1. The molecule has 3 aromatic rings. The normalized spacial score (nSPS) is 18.6. The van der Waals surface area contributed by atoms with E-state index < -0.39 is 0 Å². The fraction of sp³-hybridized carbons (Fsp3) is 0.526. The summed E-state index contributed by atoms with van der Waals surface area (Å²) in [5, 5.41) is 12.5. The van der Waals surface area contributed by atoms with Gasteiger partial charge in [-0.05, 0) is 51.3 Å². The molecule has 2 fully saturated rings. The molecule has 2 saturated heterocycles. The molecule has 7 nitrogen and oxygen atoms in total. The molecule has 0 radical (unpaired) electrons. The zero-order chi connectivity index (χ0) is 17.3. The number of halogens is 1. The van der Waals surface area contributed by atoms with Crippen LogP contribution in [0.2, 0.25) is 0 Å². The Bertz CT molecular complexity index is 890. The smallest absolute Gasteiger partial charge is 0.155 e. The first kappa shape index (κ1) is 18.3. The van der Waals surface area contributed by atoms with Gasteiger partial charge in [0.25, 0.3) is 0 Å². The van der Waals surface area contributed by atoms with Crippen LogP contribution in [0.25, 0.3) is 16.8 Å². The van der Waals surface area contributed by atoms with E-state index in [-0.39, 0.29) is 12.4 Å². The van der Waals surface area contributed by atoms with Crippen LogP contribution < -0.4 is 10.2 Å². The number of rotatable bonds is 3. The number of hydrogen-bond acceptors (Lipinski definition) is 5. The zero-order valence-corrected chi connectivity index (χ0v) is 16.2. The summed E-state index contributed by atoms with van der Waals surface area (Å²) in [6.45, 7) is 4.28. The number of aromatic nitrogens is 5. The Hall–Kier alpha value is -2.12. The molecule has 2 aliphatic rings. The lowest BCUT2D eigenvalue weighted by molar-refractivity contribution is 0.343. The number of piperidine rings is 2. The Morgan fingerprint density at radius 1 is 1.00 bits per heavy atom. The van der Waals surface area contributed by atoms with Crippen LogP contribution >= 0.6 is 12.4 Å². The molecule has 0 saturated carbocycles. The molecule has 0 aliphatic carbocycles. The maximum absolute atomic E-state index is 5.02. The van der Waals surface area contributed by atoms with E-state index in [1.807, 2.05) is 23.1 Å². The van der Waals surface area contributed by atoms with Gasteiger partial charge in [0.05, 0.1) is 30.3 Å². The van der Waals surface area contributed by atoms with Crippen molar-refractivity contribution in [3.63, 3.8) is 0 Å². The van der Waals surface area contributed by atoms with Crippen LogP contribution in [0.5, 0.6) is 0 Å². The molecule has 0 amide bonds. The van der Waals surface area contributed by atoms with Crippen molar-refractivity contribution in [3.05, 3.63) is 30.9 Å². The van der Waals surface area contributed by atoms with Gasteiger partial charge in [0, 0.05) is 24.8 Å². The average Bonchev–Trinajstić information content (AvgIpc) is 3.38. The standard InChI is InChI=1S/C19H25N7.ClH/c1-2-10-24(11-3-1)19-18-6-9-21-26(18)14-17(23-19)15-12-22-25(13-15)16-4-7-20-8-5-16;/h6,9,12-14,16,20H,1-5,7-8,10-11H2;1H. The van der Waals surface area contributed by atoms with Gasteiger partial charge in [-0.2, -0.15) is 10.2 Å². The second-order valence-electron chi connectivity index (χ2n) is 7.35. The van der Waals surface area contributed by atoms with Gasteiger partial charge >= 0.3 is 0 Å². The van der Waals surface area contributed by atoms with Gasteiger partial charge in [0.15, 0.2) is 5.82 Å². The molecule has 5 heterocycles. The van der Waals surface area contributed by atoms with E-state index in [4.69, 9.17) is 4.98 Å². The summed E-state index contributed by atoms with van der Waals surface area (Å²) >= 11 is 0. The van der Waals surface area contributed by atoms with Crippen molar-refractivity contribution >= 4 is 23.7 Å².